The third kappa shape index (κ3) is 1.49. The third-order valence-electron chi connectivity index (χ3n) is 2.38. The van der Waals surface area contributed by atoms with Crippen LogP contribution in [-0.4, -0.2) is 27.2 Å². The van der Waals surface area contributed by atoms with Crippen LogP contribution in [0.4, 0.5) is 0 Å². The second-order valence-corrected chi connectivity index (χ2v) is 4.21. The normalized spacial score (nSPS) is 24.7. The van der Waals surface area contributed by atoms with Gasteiger partial charge in [0.15, 0.2) is 6.04 Å². The highest BCUT2D eigenvalue weighted by Crippen LogP contribution is 2.34. The standard InChI is InChI=1S/C8H8N2O4S/c11-7-4-1-2-15-5(4)3-10(9-14)6(7)8(12)13/h1-2,6-7,11H,3H2,(H,12,13). The molecule has 0 aliphatic carbocycles. The maximum Gasteiger partial charge on any atom is 0.331 e. The molecule has 7 heteroatoms. The molecule has 0 amide bonds. The molecule has 2 N–H and O–H groups in total. The average Bonchev–Trinajstić information content (AvgIpc) is 2.64. The van der Waals surface area contributed by atoms with Crippen molar-refractivity contribution in [3.8, 4) is 0 Å². The summed E-state index contributed by atoms with van der Waals surface area (Å²) in [4.78, 5) is 22.1. The number of aliphatic hydroxyl groups excluding tert-OH is 1. The highest BCUT2D eigenvalue weighted by Gasteiger charge is 2.40. The van der Waals surface area contributed by atoms with Crippen molar-refractivity contribution in [2.45, 2.75) is 18.7 Å². The molecule has 0 radical (unpaired) electrons. The molecule has 0 saturated heterocycles. The van der Waals surface area contributed by atoms with Crippen molar-refractivity contribution < 1.29 is 15.0 Å². The second-order valence-electron chi connectivity index (χ2n) is 3.21. The molecule has 0 spiro atoms. The van der Waals surface area contributed by atoms with E-state index in [9.17, 15) is 14.8 Å². The van der Waals surface area contributed by atoms with E-state index < -0.39 is 18.1 Å². The van der Waals surface area contributed by atoms with Gasteiger partial charge < -0.3 is 10.2 Å². The lowest BCUT2D eigenvalue weighted by Gasteiger charge is -2.31. The first kappa shape index (κ1) is 10.1. The zero-order valence-corrected chi connectivity index (χ0v) is 8.35. The molecule has 1 aromatic rings. The summed E-state index contributed by atoms with van der Waals surface area (Å²) in [5.74, 6) is -1.25. The summed E-state index contributed by atoms with van der Waals surface area (Å²) in [5.41, 5.74) is 0.576. The number of aliphatic carboxylic acids is 1. The molecule has 1 aliphatic heterocycles. The number of carboxylic acid groups (broad SMARTS) is 1. The van der Waals surface area contributed by atoms with Gasteiger partial charge in [0, 0.05) is 4.88 Å². The number of rotatable bonds is 2. The van der Waals surface area contributed by atoms with Gasteiger partial charge in [-0.25, -0.2) is 9.80 Å². The molecule has 2 heterocycles. The summed E-state index contributed by atoms with van der Waals surface area (Å²) in [5, 5.41) is 23.9. The van der Waals surface area contributed by atoms with Crippen LogP contribution in [0.3, 0.4) is 0 Å². The quantitative estimate of drug-likeness (QED) is 0.728. The highest BCUT2D eigenvalue weighted by atomic mass is 32.1. The van der Waals surface area contributed by atoms with Crippen LogP contribution in [0.2, 0.25) is 0 Å². The Hall–Kier alpha value is -1.47. The topological polar surface area (TPSA) is 90.2 Å². The van der Waals surface area contributed by atoms with E-state index in [0.717, 1.165) is 9.89 Å². The monoisotopic (exact) mass is 228 g/mol. The first-order valence-corrected chi connectivity index (χ1v) is 5.10. The summed E-state index contributed by atoms with van der Waals surface area (Å²) in [6, 6.07) is 0.382. The summed E-state index contributed by atoms with van der Waals surface area (Å²) in [7, 11) is 0. The van der Waals surface area contributed by atoms with Crippen LogP contribution in [0.15, 0.2) is 16.7 Å². The number of fused-ring (bicyclic) bond motifs is 1. The molecule has 0 fully saturated rings. The van der Waals surface area contributed by atoms with Crippen LogP contribution in [0.5, 0.6) is 0 Å². The van der Waals surface area contributed by atoms with Crippen LogP contribution >= 0.6 is 11.3 Å². The van der Waals surface area contributed by atoms with Crippen LogP contribution in [0.1, 0.15) is 16.5 Å². The Morgan fingerprint density at radius 2 is 2.40 bits per heavy atom. The molecule has 15 heavy (non-hydrogen) atoms. The maximum absolute atomic E-state index is 10.9. The number of hydrogen-bond acceptors (Lipinski definition) is 5. The number of nitrogens with zero attached hydrogens (tertiary/aromatic N) is 2. The van der Waals surface area contributed by atoms with Crippen molar-refractivity contribution in [2.24, 2.45) is 5.29 Å². The van der Waals surface area contributed by atoms with Gasteiger partial charge in [-0.3, -0.25) is 0 Å². The number of carbonyl (C=O) groups is 1. The molecule has 6 nitrogen and oxygen atoms in total. The Balaban J connectivity index is 2.42. The van der Waals surface area contributed by atoms with Gasteiger partial charge in [0.05, 0.1) is 11.8 Å². The molecular formula is C8H8N2O4S. The fourth-order valence-corrected chi connectivity index (χ4v) is 2.57. The Labute approximate surface area is 88.7 Å². The Kier molecular flexibility index (Phi) is 2.41. The first-order valence-electron chi connectivity index (χ1n) is 4.22. The maximum atomic E-state index is 10.9. The number of hydrogen-bond donors (Lipinski definition) is 2. The average molecular weight is 228 g/mol. The van der Waals surface area contributed by atoms with Gasteiger partial charge in [0.1, 0.15) is 6.10 Å². The molecular weight excluding hydrogens is 220 g/mol. The lowest BCUT2D eigenvalue weighted by Crippen LogP contribution is -2.44. The fourth-order valence-electron chi connectivity index (χ4n) is 1.66. The van der Waals surface area contributed by atoms with Crippen molar-refractivity contribution in [1.82, 2.24) is 5.01 Å². The van der Waals surface area contributed by atoms with Crippen LogP contribution in [0.25, 0.3) is 0 Å². The summed E-state index contributed by atoms with van der Waals surface area (Å²) in [6.45, 7) is 0.143. The van der Waals surface area contributed by atoms with E-state index >= 15 is 0 Å². The lowest BCUT2D eigenvalue weighted by atomic mass is 9.98. The zero-order chi connectivity index (χ0) is 11.0. The minimum absolute atomic E-state index is 0.143. The van der Waals surface area contributed by atoms with Crippen molar-refractivity contribution in [2.75, 3.05) is 0 Å². The summed E-state index contributed by atoms with van der Waals surface area (Å²) < 4.78 is 0. The van der Waals surface area contributed by atoms with Gasteiger partial charge in [-0.1, -0.05) is 0 Å². The number of nitroso groups, excluding NO2 is 1. The van der Waals surface area contributed by atoms with E-state index in [0.29, 0.717) is 5.56 Å². The van der Waals surface area contributed by atoms with Gasteiger partial charge in [-0.2, -0.15) is 0 Å². The van der Waals surface area contributed by atoms with Gasteiger partial charge >= 0.3 is 5.97 Å². The van der Waals surface area contributed by atoms with Crippen LogP contribution < -0.4 is 0 Å². The third-order valence-corrected chi connectivity index (χ3v) is 3.30. The predicted molar refractivity (Wildman–Crippen MR) is 52.0 cm³/mol. The Bertz CT molecular complexity index is 405. The molecule has 2 rings (SSSR count). The van der Waals surface area contributed by atoms with E-state index in [1.165, 1.54) is 11.3 Å². The van der Waals surface area contributed by atoms with Crippen molar-refractivity contribution in [1.29, 1.82) is 0 Å². The molecule has 2 unspecified atom stereocenters. The molecule has 2 atom stereocenters. The van der Waals surface area contributed by atoms with Crippen molar-refractivity contribution in [3.05, 3.63) is 26.8 Å². The number of aliphatic hydroxyl groups is 1. The highest BCUT2D eigenvalue weighted by molar-refractivity contribution is 7.10. The zero-order valence-electron chi connectivity index (χ0n) is 7.53. The van der Waals surface area contributed by atoms with Gasteiger partial charge in [0.25, 0.3) is 0 Å². The predicted octanol–water partition coefficient (Wildman–Crippen LogP) is 0.732. The molecule has 0 bridgehead atoms. The largest absolute Gasteiger partial charge is 0.480 e. The van der Waals surface area contributed by atoms with E-state index in [4.69, 9.17) is 5.11 Å². The van der Waals surface area contributed by atoms with Crippen LogP contribution in [-0.2, 0) is 11.3 Å². The number of thiophene rings is 1. The van der Waals surface area contributed by atoms with E-state index in [2.05, 4.69) is 5.29 Å². The van der Waals surface area contributed by atoms with E-state index in [-0.39, 0.29) is 6.54 Å². The molecule has 0 saturated carbocycles. The minimum Gasteiger partial charge on any atom is -0.480 e. The minimum atomic E-state index is -1.29. The summed E-state index contributed by atoms with van der Waals surface area (Å²) in [6.07, 6.45) is -1.20. The van der Waals surface area contributed by atoms with Crippen molar-refractivity contribution in [3.63, 3.8) is 0 Å². The fraction of sp³-hybridized carbons (Fsp3) is 0.375. The van der Waals surface area contributed by atoms with Gasteiger partial charge in [-0.15, -0.1) is 16.2 Å². The number of carboxylic acids is 1. The molecule has 1 aliphatic rings. The SMILES string of the molecule is O=NN1Cc2sccc2C(O)C1C(=O)O. The van der Waals surface area contributed by atoms with E-state index in [1.54, 1.807) is 11.4 Å². The van der Waals surface area contributed by atoms with Crippen LogP contribution in [0, 0.1) is 4.91 Å². The Morgan fingerprint density at radius 3 is 3.00 bits per heavy atom. The lowest BCUT2D eigenvalue weighted by molar-refractivity contribution is -0.149. The molecule has 1 aromatic heterocycles. The van der Waals surface area contributed by atoms with Gasteiger partial charge in [-0.05, 0) is 17.0 Å². The van der Waals surface area contributed by atoms with Crippen molar-refractivity contribution >= 4 is 17.3 Å². The smallest absolute Gasteiger partial charge is 0.331 e. The molecule has 80 valence electrons. The summed E-state index contributed by atoms with van der Waals surface area (Å²) >= 11 is 1.37. The van der Waals surface area contributed by atoms with Gasteiger partial charge in [0.2, 0.25) is 0 Å². The first-order chi connectivity index (χ1) is 7.15. The molecule has 0 aromatic carbocycles. The van der Waals surface area contributed by atoms with E-state index in [1.807, 2.05) is 0 Å². The second kappa shape index (κ2) is 3.59. The Morgan fingerprint density at radius 1 is 1.67 bits per heavy atom.